The van der Waals surface area contributed by atoms with E-state index in [1.54, 1.807) is 12.3 Å². The van der Waals surface area contributed by atoms with E-state index in [-0.39, 0.29) is 0 Å². The van der Waals surface area contributed by atoms with E-state index in [1.165, 1.54) is 5.56 Å². The maximum absolute atomic E-state index is 6.10. The van der Waals surface area contributed by atoms with Crippen LogP contribution in [0.3, 0.4) is 0 Å². The van der Waals surface area contributed by atoms with Crippen LogP contribution in [-0.2, 0) is 0 Å². The number of nitrogens with zero attached hydrogens (tertiary/aromatic N) is 3. The van der Waals surface area contributed by atoms with Gasteiger partial charge in [-0.3, -0.25) is 4.98 Å². The highest BCUT2D eigenvalue weighted by Gasteiger charge is 2.08. The lowest BCUT2D eigenvalue weighted by Crippen LogP contribution is -1.94. The monoisotopic (exact) mass is 281 g/mol. The fourth-order valence-electron chi connectivity index (χ4n) is 1.89. The fraction of sp³-hybridized carbons (Fsp3) is 0.0625. The van der Waals surface area contributed by atoms with E-state index in [9.17, 15) is 0 Å². The molecule has 0 aliphatic rings. The predicted octanol–water partition coefficient (Wildman–Crippen LogP) is 4.17. The van der Waals surface area contributed by atoms with Crippen molar-refractivity contribution < 1.29 is 0 Å². The number of benzene rings is 1. The lowest BCUT2D eigenvalue weighted by atomic mass is 10.1. The molecule has 0 N–H and O–H groups in total. The van der Waals surface area contributed by atoms with Crippen molar-refractivity contribution in [1.29, 1.82) is 0 Å². The van der Waals surface area contributed by atoms with Gasteiger partial charge in [0.15, 0.2) is 5.82 Å². The third-order valence-electron chi connectivity index (χ3n) is 2.93. The highest BCUT2D eigenvalue weighted by molar-refractivity contribution is 6.29. The number of pyridine rings is 1. The largest absolute Gasteiger partial charge is 0.255 e. The van der Waals surface area contributed by atoms with Crippen molar-refractivity contribution in [3.05, 3.63) is 65.4 Å². The Morgan fingerprint density at radius 1 is 0.900 bits per heavy atom. The smallest absolute Gasteiger partial charge is 0.161 e. The minimum atomic E-state index is 0.413. The molecule has 0 bridgehead atoms. The quantitative estimate of drug-likeness (QED) is 0.662. The maximum atomic E-state index is 6.10. The SMILES string of the molecule is Cc1ccc(-c2nc(Cl)cc(-c3ccccn3)n2)cc1. The first-order chi connectivity index (χ1) is 9.72. The summed E-state index contributed by atoms with van der Waals surface area (Å²) in [6.45, 7) is 2.04. The molecule has 2 heterocycles. The number of aromatic nitrogens is 3. The molecule has 3 aromatic rings. The Balaban J connectivity index is 2.09. The number of rotatable bonds is 2. The Hall–Kier alpha value is -2.26. The summed E-state index contributed by atoms with van der Waals surface area (Å²) < 4.78 is 0. The van der Waals surface area contributed by atoms with Gasteiger partial charge in [0.2, 0.25) is 0 Å². The van der Waals surface area contributed by atoms with Gasteiger partial charge in [0.05, 0.1) is 11.4 Å². The van der Waals surface area contributed by atoms with Crippen LogP contribution in [0, 0.1) is 6.92 Å². The molecule has 0 spiro atoms. The van der Waals surface area contributed by atoms with Crippen molar-refractivity contribution in [2.75, 3.05) is 0 Å². The molecular weight excluding hydrogens is 270 g/mol. The second-order valence-corrected chi connectivity index (χ2v) is 4.87. The minimum Gasteiger partial charge on any atom is -0.255 e. The van der Waals surface area contributed by atoms with Crippen LogP contribution in [0.1, 0.15) is 5.56 Å². The molecule has 4 heteroatoms. The Bertz CT molecular complexity index is 724. The third kappa shape index (κ3) is 2.68. The van der Waals surface area contributed by atoms with Gasteiger partial charge >= 0.3 is 0 Å². The van der Waals surface area contributed by atoms with Gasteiger partial charge in [0.1, 0.15) is 5.15 Å². The number of hydrogen-bond acceptors (Lipinski definition) is 3. The third-order valence-corrected chi connectivity index (χ3v) is 3.13. The zero-order valence-electron chi connectivity index (χ0n) is 10.9. The first kappa shape index (κ1) is 12.8. The number of hydrogen-bond donors (Lipinski definition) is 0. The molecule has 0 aliphatic heterocycles. The van der Waals surface area contributed by atoms with E-state index >= 15 is 0 Å². The summed E-state index contributed by atoms with van der Waals surface area (Å²) in [5, 5.41) is 0.413. The van der Waals surface area contributed by atoms with Gasteiger partial charge in [0.25, 0.3) is 0 Å². The van der Waals surface area contributed by atoms with Crippen molar-refractivity contribution in [3.63, 3.8) is 0 Å². The number of halogens is 1. The average molecular weight is 282 g/mol. The van der Waals surface area contributed by atoms with Crippen molar-refractivity contribution in [2.24, 2.45) is 0 Å². The van der Waals surface area contributed by atoms with Crippen molar-refractivity contribution >= 4 is 11.6 Å². The standard InChI is InChI=1S/C16H12ClN3/c1-11-5-7-12(8-6-11)16-19-14(10-15(17)20-16)13-4-2-3-9-18-13/h2-10H,1H3. The Kier molecular flexibility index (Phi) is 3.44. The molecule has 20 heavy (non-hydrogen) atoms. The minimum absolute atomic E-state index is 0.413. The molecular formula is C16H12ClN3. The predicted molar refractivity (Wildman–Crippen MR) is 80.4 cm³/mol. The topological polar surface area (TPSA) is 38.7 Å². The molecule has 2 aromatic heterocycles. The molecule has 0 amide bonds. The van der Waals surface area contributed by atoms with Gasteiger partial charge < -0.3 is 0 Å². The average Bonchev–Trinajstić information content (AvgIpc) is 2.48. The van der Waals surface area contributed by atoms with E-state index in [4.69, 9.17) is 11.6 Å². The van der Waals surface area contributed by atoms with Crippen molar-refractivity contribution in [2.45, 2.75) is 6.92 Å². The van der Waals surface area contributed by atoms with Gasteiger partial charge in [-0.2, -0.15) is 0 Å². The molecule has 3 nitrogen and oxygen atoms in total. The van der Waals surface area contributed by atoms with Crippen LogP contribution in [0.15, 0.2) is 54.7 Å². The molecule has 1 aromatic carbocycles. The number of aryl methyl sites for hydroxylation is 1. The van der Waals surface area contributed by atoms with Crippen molar-refractivity contribution in [1.82, 2.24) is 15.0 Å². The van der Waals surface area contributed by atoms with Gasteiger partial charge in [-0.05, 0) is 19.1 Å². The highest BCUT2D eigenvalue weighted by atomic mass is 35.5. The second kappa shape index (κ2) is 5.39. The van der Waals surface area contributed by atoms with Crippen molar-refractivity contribution in [3.8, 4) is 22.8 Å². The summed E-state index contributed by atoms with van der Waals surface area (Å²) in [4.78, 5) is 13.1. The first-order valence-electron chi connectivity index (χ1n) is 6.25. The van der Waals surface area contributed by atoms with Gasteiger partial charge in [0, 0.05) is 17.8 Å². The summed E-state index contributed by atoms with van der Waals surface area (Å²) >= 11 is 6.10. The van der Waals surface area contributed by atoms with Crippen LogP contribution in [0.4, 0.5) is 0 Å². The molecule has 0 fully saturated rings. The molecule has 0 radical (unpaired) electrons. The van der Waals surface area contributed by atoms with E-state index in [2.05, 4.69) is 15.0 Å². The lowest BCUT2D eigenvalue weighted by Gasteiger charge is -2.05. The van der Waals surface area contributed by atoms with Gasteiger partial charge in [-0.1, -0.05) is 47.5 Å². The maximum Gasteiger partial charge on any atom is 0.161 e. The summed E-state index contributed by atoms with van der Waals surface area (Å²) in [6.07, 6.45) is 1.73. The normalized spacial score (nSPS) is 10.5. The summed E-state index contributed by atoms with van der Waals surface area (Å²) in [7, 11) is 0. The fourth-order valence-corrected chi connectivity index (χ4v) is 2.08. The molecule has 0 saturated carbocycles. The highest BCUT2D eigenvalue weighted by Crippen LogP contribution is 2.23. The Labute approximate surface area is 122 Å². The second-order valence-electron chi connectivity index (χ2n) is 4.48. The van der Waals surface area contributed by atoms with Crippen LogP contribution in [0.2, 0.25) is 5.15 Å². The van der Waals surface area contributed by atoms with Gasteiger partial charge in [-0.15, -0.1) is 0 Å². The Morgan fingerprint density at radius 2 is 1.70 bits per heavy atom. The lowest BCUT2D eigenvalue weighted by molar-refractivity contribution is 1.16. The molecule has 98 valence electrons. The molecule has 3 rings (SSSR count). The molecule has 0 saturated heterocycles. The summed E-state index contributed by atoms with van der Waals surface area (Å²) in [5.41, 5.74) is 3.64. The van der Waals surface area contributed by atoms with Crippen LogP contribution >= 0.6 is 11.6 Å². The summed E-state index contributed by atoms with van der Waals surface area (Å²) in [6, 6.07) is 15.4. The van der Waals surface area contributed by atoms with E-state index in [0.717, 1.165) is 17.0 Å². The summed E-state index contributed by atoms with van der Waals surface area (Å²) in [5.74, 6) is 0.609. The molecule has 0 atom stereocenters. The van der Waals surface area contributed by atoms with Crippen LogP contribution in [0.5, 0.6) is 0 Å². The van der Waals surface area contributed by atoms with Crippen LogP contribution in [-0.4, -0.2) is 15.0 Å². The van der Waals surface area contributed by atoms with E-state index in [0.29, 0.717) is 11.0 Å². The van der Waals surface area contributed by atoms with E-state index in [1.807, 2.05) is 49.4 Å². The molecule has 0 unspecified atom stereocenters. The molecule has 0 aliphatic carbocycles. The van der Waals surface area contributed by atoms with Crippen LogP contribution < -0.4 is 0 Å². The zero-order chi connectivity index (χ0) is 13.9. The first-order valence-corrected chi connectivity index (χ1v) is 6.63. The van der Waals surface area contributed by atoms with Gasteiger partial charge in [-0.25, -0.2) is 9.97 Å². The zero-order valence-corrected chi connectivity index (χ0v) is 11.7. The Morgan fingerprint density at radius 3 is 2.40 bits per heavy atom. The van der Waals surface area contributed by atoms with E-state index < -0.39 is 0 Å². The van der Waals surface area contributed by atoms with Crippen LogP contribution in [0.25, 0.3) is 22.8 Å².